The van der Waals surface area contributed by atoms with Crippen molar-refractivity contribution in [2.75, 3.05) is 7.11 Å². The molecule has 0 amide bonds. The second-order valence-corrected chi connectivity index (χ2v) is 6.43. The van der Waals surface area contributed by atoms with E-state index in [1.807, 2.05) is 60.7 Å². The van der Waals surface area contributed by atoms with Crippen LogP contribution in [-0.2, 0) is 0 Å². The molecule has 5 nitrogen and oxygen atoms in total. The number of fused-ring (bicyclic) bond motifs is 1. The predicted octanol–water partition coefficient (Wildman–Crippen LogP) is 5.56. The largest absolute Gasteiger partial charge is 0.497 e. The van der Waals surface area contributed by atoms with E-state index in [2.05, 4.69) is 33.4 Å². The van der Waals surface area contributed by atoms with Gasteiger partial charge < -0.3 is 14.1 Å². The summed E-state index contributed by atoms with van der Waals surface area (Å²) in [5.74, 6) is 1.75. The summed E-state index contributed by atoms with van der Waals surface area (Å²) in [6, 6.07) is 25.8. The van der Waals surface area contributed by atoms with Gasteiger partial charge in [0, 0.05) is 16.5 Å². The fourth-order valence-corrected chi connectivity index (χ4v) is 3.36. The predicted molar refractivity (Wildman–Crippen MR) is 109 cm³/mol. The van der Waals surface area contributed by atoms with Gasteiger partial charge in [-0.2, -0.15) is 0 Å². The van der Waals surface area contributed by atoms with Crippen molar-refractivity contribution >= 4 is 10.9 Å². The van der Waals surface area contributed by atoms with Crippen LogP contribution in [0.4, 0.5) is 0 Å². The van der Waals surface area contributed by atoms with E-state index in [1.54, 1.807) is 7.11 Å². The maximum atomic E-state index is 6.07. The zero-order valence-electron chi connectivity index (χ0n) is 15.2. The van der Waals surface area contributed by atoms with Crippen molar-refractivity contribution in [1.29, 1.82) is 0 Å². The van der Waals surface area contributed by atoms with Crippen LogP contribution < -0.4 is 4.74 Å². The number of para-hydroxylation sites is 1. The Kier molecular flexibility index (Phi) is 3.91. The molecule has 1 N–H and O–H groups in total. The molecule has 136 valence electrons. The maximum absolute atomic E-state index is 6.07. The second kappa shape index (κ2) is 6.70. The Labute approximate surface area is 161 Å². The highest BCUT2D eigenvalue weighted by molar-refractivity contribution is 6.01. The van der Waals surface area contributed by atoms with Gasteiger partial charge in [0.1, 0.15) is 5.75 Å². The lowest BCUT2D eigenvalue weighted by Crippen LogP contribution is -1.82. The van der Waals surface area contributed by atoms with Gasteiger partial charge in [-0.1, -0.05) is 48.5 Å². The first-order chi connectivity index (χ1) is 13.8. The molecule has 0 spiro atoms. The number of nitrogens with zero attached hydrogens (tertiary/aromatic N) is 2. The van der Waals surface area contributed by atoms with Gasteiger partial charge in [0.15, 0.2) is 0 Å². The van der Waals surface area contributed by atoms with Gasteiger partial charge in [-0.25, -0.2) is 0 Å². The van der Waals surface area contributed by atoms with Crippen molar-refractivity contribution in [3.8, 4) is 39.9 Å². The molecule has 2 aromatic heterocycles. The topological polar surface area (TPSA) is 63.9 Å². The van der Waals surface area contributed by atoms with Crippen molar-refractivity contribution in [1.82, 2.24) is 15.2 Å². The molecule has 0 aliphatic carbocycles. The van der Waals surface area contributed by atoms with E-state index in [4.69, 9.17) is 9.15 Å². The number of ether oxygens (including phenoxy) is 1. The van der Waals surface area contributed by atoms with E-state index >= 15 is 0 Å². The Hall–Kier alpha value is -3.86. The third-order valence-electron chi connectivity index (χ3n) is 4.74. The van der Waals surface area contributed by atoms with E-state index in [0.29, 0.717) is 11.8 Å². The van der Waals surface area contributed by atoms with E-state index < -0.39 is 0 Å². The first kappa shape index (κ1) is 16.3. The average molecular weight is 367 g/mol. The smallest absolute Gasteiger partial charge is 0.250 e. The van der Waals surface area contributed by atoms with Crippen LogP contribution >= 0.6 is 0 Å². The molecule has 5 heteroatoms. The van der Waals surface area contributed by atoms with E-state index in [0.717, 1.165) is 39.0 Å². The van der Waals surface area contributed by atoms with Crippen LogP contribution in [0, 0.1) is 0 Å². The molecule has 28 heavy (non-hydrogen) atoms. The Morgan fingerprint density at radius 2 is 1.46 bits per heavy atom. The Morgan fingerprint density at radius 3 is 2.25 bits per heavy atom. The number of hydrogen-bond donors (Lipinski definition) is 1. The molecule has 3 aromatic carbocycles. The summed E-state index contributed by atoms with van der Waals surface area (Å²) < 4.78 is 11.3. The minimum Gasteiger partial charge on any atom is -0.497 e. The molecule has 0 atom stereocenters. The standard InChI is InChI=1S/C23H17N3O2/c1-27-17-13-11-16(12-14-17)22-25-26-23(28-22)20-18-9-5-6-10-19(18)24-21(20)15-7-3-2-4-8-15/h2-14,24H,1H3. The van der Waals surface area contributed by atoms with Crippen molar-refractivity contribution in [3.63, 3.8) is 0 Å². The van der Waals surface area contributed by atoms with Crippen LogP contribution in [0.15, 0.2) is 83.3 Å². The third kappa shape index (κ3) is 2.74. The van der Waals surface area contributed by atoms with Gasteiger partial charge in [-0.3, -0.25) is 0 Å². The van der Waals surface area contributed by atoms with Gasteiger partial charge in [0.25, 0.3) is 5.89 Å². The Bertz CT molecular complexity index is 1240. The molecule has 5 rings (SSSR count). The number of methoxy groups -OCH3 is 1. The van der Waals surface area contributed by atoms with Crippen LogP contribution in [0.25, 0.3) is 45.1 Å². The lowest BCUT2D eigenvalue weighted by Gasteiger charge is -2.01. The number of benzene rings is 3. The van der Waals surface area contributed by atoms with Crippen molar-refractivity contribution in [2.24, 2.45) is 0 Å². The summed E-state index contributed by atoms with van der Waals surface area (Å²) >= 11 is 0. The van der Waals surface area contributed by atoms with Gasteiger partial charge >= 0.3 is 0 Å². The molecular formula is C23H17N3O2. The zero-order valence-corrected chi connectivity index (χ0v) is 15.2. The second-order valence-electron chi connectivity index (χ2n) is 6.43. The normalized spacial score (nSPS) is 11.0. The van der Waals surface area contributed by atoms with Crippen molar-refractivity contribution in [2.45, 2.75) is 0 Å². The molecule has 0 fully saturated rings. The number of hydrogen-bond acceptors (Lipinski definition) is 4. The highest BCUT2D eigenvalue weighted by Crippen LogP contribution is 2.38. The fraction of sp³-hybridized carbons (Fsp3) is 0.0435. The first-order valence-electron chi connectivity index (χ1n) is 8.98. The van der Waals surface area contributed by atoms with Crippen LogP contribution in [0.3, 0.4) is 0 Å². The molecule has 5 aromatic rings. The number of rotatable bonds is 4. The summed E-state index contributed by atoms with van der Waals surface area (Å²) in [4.78, 5) is 3.50. The molecule has 0 radical (unpaired) electrons. The molecule has 0 bridgehead atoms. The number of aromatic nitrogens is 3. The lowest BCUT2D eigenvalue weighted by atomic mass is 10.1. The quantitative estimate of drug-likeness (QED) is 0.452. The van der Waals surface area contributed by atoms with Gasteiger partial charge in [0.2, 0.25) is 5.89 Å². The maximum Gasteiger partial charge on any atom is 0.250 e. The van der Waals surface area contributed by atoms with E-state index in [9.17, 15) is 0 Å². The van der Waals surface area contributed by atoms with Crippen LogP contribution in [0.2, 0.25) is 0 Å². The van der Waals surface area contributed by atoms with Crippen LogP contribution in [0.5, 0.6) is 5.75 Å². The van der Waals surface area contributed by atoms with Gasteiger partial charge in [0.05, 0.1) is 18.4 Å². The SMILES string of the molecule is COc1ccc(-c2nnc(-c3c(-c4ccccc4)[nH]c4ccccc34)o2)cc1. The minimum atomic E-state index is 0.474. The number of aromatic amines is 1. The van der Waals surface area contributed by atoms with Gasteiger partial charge in [-0.15, -0.1) is 10.2 Å². The summed E-state index contributed by atoms with van der Waals surface area (Å²) in [5, 5.41) is 9.66. The fourth-order valence-electron chi connectivity index (χ4n) is 3.36. The average Bonchev–Trinajstić information content (AvgIpc) is 3.39. The van der Waals surface area contributed by atoms with Crippen molar-refractivity contribution in [3.05, 3.63) is 78.9 Å². The molecule has 0 unspecified atom stereocenters. The molecule has 0 saturated heterocycles. The van der Waals surface area contributed by atoms with Crippen LogP contribution in [-0.4, -0.2) is 22.3 Å². The molecule has 0 aliphatic rings. The highest BCUT2D eigenvalue weighted by Gasteiger charge is 2.20. The number of nitrogens with one attached hydrogen (secondary N) is 1. The molecule has 2 heterocycles. The highest BCUT2D eigenvalue weighted by atomic mass is 16.5. The molecular weight excluding hydrogens is 350 g/mol. The van der Waals surface area contributed by atoms with Crippen LogP contribution in [0.1, 0.15) is 0 Å². The summed E-state index contributed by atoms with van der Waals surface area (Å²) in [6.45, 7) is 0. The van der Waals surface area contributed by atoms with E-state index in [1.165, 1.54) is 0 Å². The first-order valence-corrected chi connectivity index (χ1v) is 8.98. The lowest BCUT2D eigenvalue weighted by molar-refractivity contribution is 0.415. The number of H-pyrrole nitrogens is 1. The Balaban J connectivity index is 1.66. The summed E-state index contributed by atoms with van der Waals surface area (Å²) in [5.41, 5.74) is 4.82. The third-order valence-corrected chi connectivity index (χ3v) is 4.74. The summed E-state index contributed by atoms with van der Waals surface area (Å²) in [7, 11) is 1.64. The van der Waals surface area contributed by atoms with Crippen molar-refractivity contribution < 1.29 is 9.15 Å². The molecule has 0 saturated carbocycles. The van der Waals surface area contributed by atoms with E-state index in [-0.39, 0.29) is 0 Å². The molecule has 0 aliphatic heterocycles. The summed E-state index contributed by atoms with van der Waals surface area (Å²) in [6.07, 6.45) is 0. The zero-order chi connectivity index (χ0) is 18.9. The minimum absolute atomic E-state index is 0.474. The monoisotopic (exact) mass is 367 g/mol. The Morgan fingerprint density at radius 1 is 0.750 bits per heavy atom. The van der Waals surface area contributed by atoms with Gasteiger partial charge in [-0.05, 0) is 35.9 Å².